The number of fused-ring (bicyclic) bond motifs is 2. The second kappa shape index (κ2) is 11.9. The van der Waals surface area contributed by atoms with Crippen LogP contribution in [0.15, 0.2) is 53.6 Å². The summed E-state index contributed by atoms with van der Waals surface area (Å²) in [6.45, 7) is 2.53. The van der Waals surface area contributed by atoms with Crippen LogP contribution in [0.5, 0.6) is 0 Å². The van der Waals surface area contributed by atoms with Crippen LogP contribution in [0.4, 0.5) is 20.4 Å². The third-order valence-corrected chi connectivity index (χ3v) is 9.72. The number of aliphatic hydroxyl groups excluding tert-OH is 2. The molecule has 0 bridgehead atoms. The Kier molecular flexibility index (Phi) is 8.22. The highest BCUT2D eigenvalue weighted by molar-refractivity contribution is 7.92. The average molecular weight is 630 g/mol. The molecule has 9 nitrogen and oxygen atoms in total. The van der Waals surface area contributed by atoms with Crippen LogP contribution >= 0.6 is 11.6 Å². The smallest absolute Gasteiger partial charge is 0.262 e. The van der Waals surface area contributed by atoms with E-state index < -0.39 is 39.0 Å². The molecule has 0 amide bonds. The van der Waals surface area contributed by atoms with E-state index in [1.165, 1.54) is 18.2 Å². The second-order valence-corrected chi connectivity index (χ2v) is 13.0. The Morgan fingerprint density at radius 2 is 1.86 bits per heavy atom. The Bertz CT molecular complexity index is 1800. The molecule has 4 N–H and O–H groups in total. The van der Waals surface area contributed by atoms with Crippen molar-refractivity contribution in [1.82, 2.24) is 14.9 Å². The molecule has 1 aliphatic heterocycles. The van der Waals surface area contributed by atoms with Crippen molar-refractivity contribution in [2.24, 2.45) is 0 Å². The summed E-state index contributed by atoms with van der Waals surface area (Å²) in [5.41, 5.74) is 0.788. The summed E-state index contributed by atoms with van der Waals surface area (Å²) in [6, 6.07) is 9.72. The van der Waals surface area contributed by atoms with Gasteiger partial charge in [0.15, 0.2) is 5.82 Å². The van der Waals surface area contributed by atoms with Crippen LogP contribution < -0.4 is 10.0 Å². The average Bonchev–Trinajstić information content (AvgIpc) is 3.35. The zero-order chi connectivity index (χ0) is 30.3. The van der Waals surface area contributed by atoms with Gasteiger partial charge in [-0.1, -0.05) is 17.7 Å². The maximum atomic E-state index is 15.8. The lowest BCUT2D eigenvalue weighted by Crippen LogP contribution is -2.40. The molecule has 1 fully saturated rings. The largest absolute Gasteiger partial charge is 0.395 e. The van der Waals surface area contributed by atoms with Crippen LogP contribution in [0.3, 0.4) is 0 Å². The van der Waals surface area contributed by atoms with E-state index in [0.29, 0.717) is 47.4 Å². The summed E-state index contributed by atoms with van der Waals surface area (Å²) < 4.78 is 59.8. The Balaban J connectivity index is 1.25. The number of nitrogens with zero attached hydrogens (tertiary/aromatic N) is 3. The molecule has 1 saturated heterocycles. The monoisotopic (exact) mass is 629 g/mol. The molecule has 13 heteroatoms. The van der Waals surface area contributed by atoms with E-state index in [-0.39, 0.29) is 28.1 Å². The van der Waals surface area contributed by atoms with E-state index in [0.717, 1.165) is 38.1 Å². The Morgan fingerprint density at radius 1 is 1.07 bits per heavy atom. The second-order valence-electron chi connectivity index (χ2n) is 10.9. The number of rotatable bonds is 8. The third kappa shape index (κ3) is 6.02. The van der Waals surface area contributed by atoms with Gasteiger partial charge in [-0.15, -0.1) is 0 Å². The first kappa shape index (κ1) is 29.6. The maximum absolute atomic E-state index is 15.8. The molecular formula is C30H30ClF2N5O4S. The molecule has 226 valence electrons. The van der Waals surface area contributed by atoms with Crippen LogP contribution in [0, 0.1) is 11.6 Å². The van der Waals surface area contributed by atoms with E-state index in [1.54, 1.807) is 18.3 Å². The first-order valence-electron chi connectivity index (χ1n) is 14.0. The highest BCUT2D eigenvalue weighted by atomic mass is 35.5. The van der Waals surface area contributed by atoms with E-state index in [2.05, 4.69) is 24.9 Å². The number of sulfonamides is 1. The number of piperidine rings is 1. The Hall–Kier alpha value is -3.42. The minimum absolute atomic E-state index is 0.125. The van der Waals surface area contributed by atoms with Crippen molar-refractivity contribution < 1.29 is 27.4 Å². The number of benzene rings is 3. The van der Waals surface area contributed by atoms with Crippen LogP contribution in [-0.2, 0) is 16.4 Å². The summed E-state index contributed by atoms with van der Waals surface area (Å²) in [7, 11) is -4.33. The molecule has 0 radical (unpaired) electrons. The number of hydrogen-bond acceptors (Lipinski definition) is 8. The van der Waals surface area contributed by atoms with Crippen LogP contribution in [0.1, 0.15) is 36.5 Å². The molecule has 1 aliphatic carbocycles. The highest BCUT2D eigenvalue weighted by Crippen LogP contribution is 2.39. The van der Waals surface area contributed by atoms with Crippen molar-refractivity contribution in [2.75, 3.05) is 36.3 Å². The fourth-order valence-corrected chi connectivity index (χ4v) is 7.53. The van der Waals surface area contributed by atoms with Gasteiger partial charge >= 0.3 is 0 Å². The van der Waals surface area contributed by atoms with Gasteiger partial charge in [-0.25, -0.2) is 27.2 Å². The predicted molar refractivity (Wildman–Crippen MR) is 161 cm³/mol. The van der Waals surface area contributed by atoms with Crippen LogP contribution in [0.25, 0.3) is 22.0 Å². The van der Waals surface area contributed by atoms with E-state index >= 15 is 8.78 Å². The van der Waals surface area contributed by atoms with Crippen molar-refractivity contribution >= 4 is 44.2 Å². The number of aromatic nitrogens is 2. The number of halogens is 3. The molecule has 0 spiro atoms. The molecular weight excluding hydrogens is 600 g/mol. The quantitative estimate of drug-likeness (QED) is 0.217. The van der Waals surface area contributed by atoms with Gasteiger partial charge in [-0.2, -0.15) is 0 Å². The van der Waals surface area contributed by atoms with Crippen molar-refractivity contribution in [3.8, 4) is 11.1 Å². The first-order chi connectivity index (χ1) is 20.6. The van der Waals surface area contributed by atoms with Crippen molar-refractivity contribution in [2.45, 2.75) is 42.7 Å². The first-order valence-corrected chi connectivity index (χ1v) is 15.9. The van der Waals surface area contributed by atoms with Gasteiger partial charge in [0, 0.05) is 42.3 Å². The molecule has 2 aliphatic rings. The highest BCUT2D eigenvalue weighted by Gasteiger charge is 2.30. The summed E-state index contributed by atoms with van der Waals surface area (Å²) >= 11 is 6.13. The molecule has 43 heavy (non-hydrogen) atoms. The van der Waals surface area contributed by atoms with Gasteiger partial charge in [0.05, 0.1) is 34.4 Å². The molecule has 4 aromatic rings. The Labute approximate surface area is 252 Å². The lowest BCUT2D eigenvalue weighted by Gasteiger charge is -2.31. The SMILES string of the molecule is O=S(=O)(Nc1ccc(F)c(-c2ccc3nc(NC4CCN(CCO)CC4)ncc3c2)c1F)c1cc(Cl)cc2c1CCC2O. The van der Waals surface area contributed by atoms with E-state index in [9.17, 15) is 13.5 Å². The van der Waals surface area contributed by atoms with Crippen LogP contribution in [-0.4, -0.2) is 65.8 Å². The predicted octanol–water partition coefficient (Wildman–Crippen LogP) is 4.88. The van der Waals surface area contributed by atoms with Crippen molar-refractivity contribution in [3.63, 3.8) is 0 Å². The van der Waals surface area contributed by atoms with Gasteiger partial charge in [0.1, 0.15) is 5.82 Å². The lowest BCUT2D eigenvalue weighted by molar-refractivity contribution is 0.168. The van der Waals surface area contributed by atoms with Gasteiger partial charge in [-0.05, 0) is 78.8 Å². The molecule has 1 atom stereocenters. The Morgan fingerprint density at radius 3 is 2.63 bits per heavy atom. The van der Waals surface area contributed by atoms with Gasteiger partial charge in [-0.3, -0.25) is 4.72 Å². The number of hydrogen-bond donors (Lipinski definition) is 4. The number of nitrogens with one attached hydrogen (secondary N) is 2. The zero-order valence-electron chi connectivity index (χ0n) is 23.0. The summed E-state index contributed by atoms with van der Waals surface area (Å²) in [6.07, 6.45) is 3.19. The van der Waals surface area contributed by atoms with Crippen LogP contribution in [0.2, 0.25) is 5.02 Å². The zero-order valence-corrected chi connectivity index (χ0v) is 24.6. The minimum atomic E-state index is -4.33. The van der Waals surface area contributed by atoms with Crippen molar-refractivity contribution in [1.29, 1.82) is 0 Å². The van der Waals surface area contributed by atoms with Crippen molar-refractivity contribution in [3.05, 3.63) is 76.4 Å². The number of likely N-dealkylation sites (tertiary alicyclic amines) is 1. The normalized spacial score (nSPS) is 17.7. The molecule has 0 saturated carbocycles. The van der Waals surface area contributed by atoms with Gasteiger partial charge < -0.3 is 20.4 Å². The molecule has 1 unspecified atom stereocenters. The standard InChI is InChI=1S/C30H30ClF2N5O4S/c31-19-14-22-21(2-6-26(22)40)27(15-19)43(41,42)37-25-5-3-23(32)28(29(25)33)17-1-4-24-18(13-17)16-34-30(36-24)35-20-7-9-38(10-8-20)11-12-39/h1,3-5,13-16,20,26,37,39-40H,2,6-12H2,(H,34,35,36). The third-order valence-electron chi connectivity index (χ3n) is 8.07. The molecule has 1 aromatic heterocycles. The summed E-state index contributed by atoms with van der Waals surface area (Å²) in [5.74, 6) is -1.48. The topological polar surface area (TPSA) is 128 Å². The lowest BCUT2D eigenvalue weighted by atomic mass is 10.0. The van der Waals surface area contributed by atoms with Gasteiger partial charge in [0.25, 0.3) is 10.0 Å². The number of β-amino-alcohol motifs (C(OH)–C–C–N with tert-alkyl or cyclic N) is 1. The minimum Gasteiger partial charge on any atom is -0.395 e. The molecule has 2 heterocycles. The fraction of sp³-hybridized carbons (Fsp3) is 0.333. The number of aliphatic hydroxyl groups is 2. The van der Waals surface area contributed by atoms with Gasteiger partial charge in [0.2, 0.25) is 5.95 Å². The fourth-order valence-electron chi connectivity index (χ4n) is 5.85. The van der Waals surface area contributed by atoms with E-state index in [4.69, 9.17) is 16.7 Å². The molecule has 3 aromatic carbocycles. The summed E-state index contributed by atoms with van der Waals surface area (Å²) in [5, 5.41) is 23.4. The molecule has 6 rings (SSSR count). The van der Waals surface area contributed by atoms with E-state index in [1.807, 2.05) is 0 Å². The summed E-state index contributed by atoms with van der Waals surface area (Å²) in [4.78, 5) is 11.0. The maximum Gasteiger partial charge on any atom is 0.262 e. The number of anilines is 2.